The van der Waals surface area contributed by atoms with Gasteiger partial charge in [0, 0.05) is 38.0 Å². The van der Waals surface area contributed by atoms with Crippen LogP contribution < -0.4 is 0 Å². The van der Waals surface area contributed by atoms with Crippen LogP contribution >= 0.6 is 0 Å². The van der Waals surface area contributed by atoms with Crippen LogP contribution in [0.1, 0.15) is 25.5 Å². The molecule has 1 aromatic heterocycles. The van der Waals surface area contributed by atoms with Crippen molar-refractivity contribution in [2.24, 2.45) is 0 Å². The Bertz CT molecular complexity index is 313. The lowest BCUT2D eigenvalue weighted by Gasteiger charge is -2.32. The zero-order valence-electron chi connectivity index (χ0n) is 10.6. The van der Waals surface area contributed by atoms with Crippen molar-refractivity contribution in [3.8, 4) is 0 Å². The molecule has 0 N–H and O–H groups in total. The number of nitrogens with zero attached hydrogens (tertiary/aromatic N) is 2. The Hall–Kier alpha value is -0.930. The minimum atomic E-state index is 0.442. The van der Waals surface area contributed by atoms with Gasteiger partial charge in [-0.1, -0.05) is 6.07 Å². The van der Waals surface area contributed by atoms with Gasteiger partial charge >= 0.3 is 0 Å². The predicted octanol–water partition coefficient (Wildman–Crippen LogP) is 2.12. The summed E-state index contributed by atoms with van der Waals surface area (Å²) in [6, 6.07) is 6.13. The minimum Gasteiger partial charge on any atom is -0.377 e. The maximum absolute atomic E-state index is 5.71. The third kappa shape index (κ3) is 4.10. The first kappa shape index (κ1) is 12.5. The SMILES string of the molecule is CCO[C@H]1CCCN(CCc2ccccn2)C1. The van der Waals surface area contributed by atoms with Gasteiger partial charge in [-0.2, -0.15) is 0 Å². The van der Waals surface area contributed by atoms with E-state index in [1.165, 1.54) is 25.1 Å². The second kappa shape index (κ2) is 6.72. The Morgan fingerprint density at radius 3 is 3.18 bits per heavy atom. The number of hydrogen-bond acceptors (Lipinski definition) is 3. The van der Waals surface area contributed by atoms with Gasteiger partial charge in [0.1, 0.15) is 0 Å². The number of ether oxygens (including phenoxy) is 1. The molecule has 1 aromatic rings. The van der Waals surface area contributed by atoms with Crippen molar-refractivity contribution in [2.45, 2.75) is 32.3 Å². The van der Waals surface area contributed by atoms with Crippen LogP contribution in [-0.2, 0) is 11.2 Å². The third-order valence-corrected chi connectivity index (χ3v) is 3.27. The number of aromatic nitrogens is 1. The van der Waals surface area contributed by atoms with E-state index in [0.29, 0.717) is 6.10 Å². The zero-order chi connectivity index (χ0) is 11.9. The van der Waals surface area contributed by atoms with E-state index in [4.69, 9.17) is 4.74 Å². The average molecular weight is 234 g/mol. The summed E-state index contributed by atoms with van der Waals surface area (Å²) in [5.74, 6) is 0. The van der Waals surface area contributed by atoms with Crippen molar-refractivity contribution >= 4 is 0 Å². The summed E-state index contributed by atoms with van der Waals surface area (Å²) in [6.07, 6.45) is 5.83. The zero-order valence-corrected chi connectivity index (χ0v) is 10.6. The summed E-state index contributed by atoms with van der Waals surface area (Å²) < 4.78 is 5.71. The second-order valence-corrected chi connectivity index (χ2v) is 4.59. The van der Waals surface area contributed by atoms with Crippen LogP contribution in [0.3, 0.4) is 0 Å². The first-order valence-corrected chi connectivity index (χ1v) is 6.62. The van der Waals surface area contributed by atoms with Crippen LogP contribution in [0.4, 0.5) is 0 Å². The molecule has 2 rings (SSSR count). The van der Waals surface area contributed by atoms with Crippen molar-refractivity contribution in [2.75, 3.05) is 26.2 Å². The Kier molecular flexibility index (Phi) is 4.95. The Morgan fingerprint density at radius 2 is 2.41 bits per heavy atom. The molecule has 0 aliphatic carbocycles. The molecule has 0 unspecified atom stereocenters. The lowest BCUT2D eigenvalue weighted by atomic mass is 10.1. The molecule has 0 radical (unpaired) electrons. The van der Waals surface area contributed by atoms with E-state index >= 15 is 0 Å². The van der Waals surface area contributed by atoms with E-state index in [1.54, 1.807) is 0 Å². The molecule has 1 saturated heterocycles. The Balaban J connectivity index is 1.75. The van der Waals surface area contributed by atoms with E-state index < -0.39 is 0 Å². The summed E-state index contributed by atoms with van der Waals surface area (Å²) in [7, 11) is 0. The monoisotopic (exact) mass is 234 g/mol. The Morgan fingerprint density at radius 1 is 1.47 bits per heavy atom. The summed E-state index contributed by atoms with van der Waals surface area (Å²) in [6.45, 7) is 6.29. The van der Waals surface area contributed by atoms with Gasteiger partial charge < -0.3 is 9.64 Å². The molecule has 2 heterocycles. The number of hydrogen-bond donors (Lipinski definition) is 0. The van der Waals surface area contributed by atoms with Crippen LogP contribution in [0.25, 0.3) is 0 Å². The molecule has 0 aromatic carbocycles. The van der Waals surface area contributed by atoms with E-state index in [-0.39, 0.29) is 0 Å². The van der Waals surface area contributed by atoms with Gasteiger partial charge in [0.2, 0.25) is 0 Å². The standard InChI is InChI=1S/C14H22N2O/c1-2-17-14-7-5-10-16(12-14)11-8-13-6-3-4-9-15-13/h3-4,6,9,14H,2,5,7-8,10-12H2,1H3/t14-/m0/s1. The normalized spacial score (nSPS) is 21.6. The van der Waals surface area contributed by atoms with Crippen molar-refractivity contribution in [3.63, 3.8) is 0 Å². The van der Waals surface area contributed by atoms with Crippen LogP contribution in [0.5, 0.6) is 0 Å². The maximum Gasteiger partial charge on any atom is 0.0702 e. The third-order valence-electron chi connectivity index (χ3n) is 3.27. The van der Waals surface area contributed by atoms with E-state index in [9.17, 15) is 0 Å². The molecular weight excluding hydrogens is 212 g/mol. The van der Waals surface area contributed by atoms with Gasteiger partial charge in [0.25, 0.3) is 0 Å². The molecule has 3 heteroatoms. The molecule has 3 nitrogen and oxygen atoms in total. The molecule has 1 atom stereocenters. The fraction of sp³-hybridized carbons (Fsp3) is 0.643. The molecule has 0 amide bonds. The molecule has 1 aliphatic rings. The van der Waals surface area contributed by atoms with Crippen molar-refractivity contribution in [1.82, 2.24) is 9.88 Å². The topological polar surface area (TPSA) is 25.4 Å². The summed E-state index contributed by atoms with van der Waals surface area (Å²) >= 11 is 0. The largest absolute Gasteiger partial charge is 0.377 e. The fourth-order valence-electron chi connectivity index (χ4n) is 2.41. The molecule has 94 valence electrons. The van der Waals surface area contributed by atoms with Crippen LogP contribution in [0.15, 0.2) is 24.4 Å². The van der Waals surface area contributed by atoms with Crippen LogP contribution in [-0.4, -0.2) is 42.2 Å². The highest BCUT2D eigenvalue weighted by Gasteiger charge is 2.19. The van der Waals surface area contributed by atoms with Crippen molar-refractivity contribution in [1.29, 1.82) is 0 Å². The Labute approximate surface area is 104 Å². The van der Waals surface area contributed by atoms with Gasteiger partial charge in [-0.3, -0.25) is 4.98 Å². The lowest BCUT2D eigenvalue weighted by Crippen LogP contribution is -2.40. The molecule has 17 heavy (non-hydrogen) atoms. The highest BCUT2D eigenvalue weighted by atomic mass is 16.5. The first-order chi connectivity index (χ1) is 8.38. The van der Waals surface area contributed by atoms with E-state index in [0.717, 1.165) is 26.1 Å². The molecule has 0 saturated carbocycles. The summed E-state index contributed by atoms with van der Waals surface area (Å²) in [5, 5.41) is 0. The minimum absolute atomic E-state index is 0.442. The van der Waals surface area contributed by atoms with E-state index in [1.807, 2.05) is 12.3 Å². The van der Waals surface area contributed by atoms with Crippen molar-refractivity contribution in [3.05, 3.63) is 30.1 Å². The molecule has 1 fully saturated rings. The highest BCUT2D eigenvalue weighted by Crippen LogP contribution is 2.13. The lowest BCUT2D eigenvalue weighted by molar-refractivity contribution is 0.00626. The fourth-order valence-corrected chi connectivity index (χ4v) is 2.41. The molecule has 0 spiro atoms. The summed E-state index contributed by atoms with van der Waals surface area (Å²) in [4.78, 5) is 6.86. The molecular formula is C14H22N2O. The van der Waals surface area contributed by atoms with Gasteiger partial charge in [0.05, 0.1) is 6.10 Å². The molecule has 0 bridgehead atoms. The van der Waals surface area contributed by atoms with Crippen LogP contribution in [0.2, 0.25) is 0 Å². The van der Waals surface area contributed by atoms with E-state index in [2.05, 4.69) is 28.9 Å². The first-order valence-electron chi connectivity index (χ1n) is 6.62. The summed E-state index contributed by atoms with van der Waals surface area (Å²) in [5.41, 5.74) is 1.19. The second-order valence-electron chi connectivity index (χ2n) is 4.59. The van der Waals surface area contributed by atoms with Gasteiger partial charge in [-0.05, 0) is 38.4 Å². The number of likely N-dealkylation sites (tertiary alicyclic amines) is 1. The average Bonchev–Trinajstić information content (AvgIpc) is 2.39. The quantitative estimate of drug-likeness (QED) is 0.780. The number of rotatable bonds is 5. The van der Waals surface area contributed by atoms with Gasteiger partial charge in [0.15, 0.2) is 0 Å². The maximum atomic E-state index is 5.71. The van der Waals surface area contributed by atoms with Gasteiger partial charge in [-0.25, -0.2) is 0 Å². The smallest absolute Gasteiger partial charge is 0.0702 e. The van der Waals surface area contributed by atoms with Crippen LogP contribution in [0, 0.1) is 0 Å². The van der Waals surface area contributed by atoms with Gasteiger partial charge in [-0.15, -0.1) is 0 Å². The number of piperidine rings is 1. The number of pyridine rings is 1. The molecule has 1 aliphatic heterocycles. The highest BCUT2D eigenvalue weighted by molar-refractivity contribution is 5.03. The van der Waals surface area contributed by atoms with Crippen molar-refractivity contribution < 1.29 is 4.74 Å². The predicted molar refractivity (Wildman–Crippen MR) is 69.0 cm³/mol.